The first-order chi connectivity index (χ1) is 27.0. The average molecular weight is 708 g/mol. The molecule has 0 amide bonds. The van der Waals surface area contributed by atoms with E-state index in [4.69, 9.17) is 24.4 Å². The van der Waals surface area contributed by atoms with E-state index in [2.05, 4.69) is 103 Å². The summed E-state index contributed by atoms with van der Waals surface area (Å²) in [6, 6.07) is 56.8. The third-order valence-electron chi connectivity index (χ3n) is 11.1. The summed E-state index contributed by atoms with van der Waals surface area (Å²) in [4.78, 5) is 19.6. The Balaban J connectivity index is 0.976. The minimum absolute atomic E-state index is 0.0873. The zero-order valence-corrected chi connectivity index (χ0v) is 30.2. The second kappa shape index (κ2) is 11.9. The van der Waals surface area contributed by atoms with Crippen LogP contribution in [0.15, 0.2) is 168 Å². The molecule has 55 heavy (non-hydrogen) atoms. The number of rotatable bonds is 5. The fourth-order valence-corrected chi connectivity index (χ4v) is 8.32. The van der Waals surface area contributed by atoms with E-state index in [9.17, 15) is 0 Å². The lowest BCUT2D eigenvalue weighted by molar-refractivity contribution is 0.620. The average Bonchev–Trinajstić information content (AvgIpc) is 3.89. The van der Waals surface area contributed by atoms with Gasteiger partial charge in [0.2, 0.25) is 5.89 Å². The third kappa shape index (κ3) is 4.95. The summed E-state index contributed by atoms with van der Waals surface area (Å²) in [5.41, 5.74) is 13.8. The first-order valence-corrected chi connectivity index (χ1v) is 18.6. The Morgan fingerprint density at radius 2 is 1.07 bits per heavy atom. The van der Waals surface area contributed by atoms with E-state index in [-0.39, 0.29) is 5.41 Å². The number of hydrogen-bond acceptors (Lipinski definition) is 5. The molecule has 6 heteroatoms. The molecule has 0 unspecified atom stereocenters. The highest BCUT2D eigenvalue weighted by molar-refractivity contribution is 6.11. The largest absolute Gasteiger partial charge is 0.436 e. The van der Waals surface area contributed by atoms with E-state index >= 15 is 0 Å². The molecule has 0 bridgehead atoms. The Hall–Kier alpha value is -7.18. The first-order valence-electron chi connectivity index (χ1n) is 18.6. The fraction of sp³-hybridized carbons (Fsp3) is 0.0612. The normalized spacial score (nSPS) is 13.1. The molecule has 260 valence electrons. The maximum atomic E-state index is 6.34. The molecule has 0 atom stereocenters. The molecule has 11 rings (SSSR count). The summed E-state index contributed by atoms with van der Waals surface area (Å²) in [5.74, 6) is 2.37. The molecule has 0 fully saturated rings. The molecule has 1 aliphatic carbocycles. The third-order valence-corrected chi connectivity index (χ3v) is 11.1. The topological polar surface area (TPSA) is 69.6 Å². The van der Waals surface area contributed by atoms with Gasteiger partial charge in [-0.25, -0.2) is 19.9 Å². The van der Waals surface area contributed by atoms with E-state index in [1.807, 2.05) is 78.9 Å². The van der Waals surface area contributed by atoms with Crippen LogP contribution in [-0.2, 0) is 5.41 Å². The fourth-order valence-electron chi connectivity index (χ4n) is 8.32. The van der Waals surface area contributed by atoms with E-state index in [0.29, 0.717) is 28.9 Å². The summed E-state index contributed by atoms with van der Waals surface area (Å²) < 4.78 is 8.72. The van der Waals surface area contributed by atoms with Crippen molar-refractivity contribution in [2.75, 3.05) is 0 Å². The van der Waals surface area contributed by atoms with Crippen LogP contribution in [0.25, 0.3) is 95.3 Å². The summed E-state index contributed by atoms with van der Waals surface area (Å²) in [5, 5.41) is 2.50. The van der Waals surface area contributed by atoms with E-state index in [1.54, 1.807) is 0 Å². The van der Waals surface area contributed by atoms with Crippen molar-refractivity contribution in [2.24, 2.45) is 0 Å². The zero-order chi connectivity index (χ0) is 36.7. The van der Waals surface area contributed by atoms with Crippen LogP contribution in [-0.4, -0.2) is 24.5 Å². The van der Waals surface area contributed by atoms with Gasteiger partial charge in [0.05, 0.1) is 11.0 Å². The highest BCUT2D eigenvalue weighted by atomic mass is 16.3. The smallest absolute Gasteiger partial charge is 0.227 e. The quantitative estimate of drug-likeness (QED) is 0.178. The predicted octanol–water partition coefficient (Wildman–Crippen LogP) is 12.1. The van der Waals surface area contributed by atoms with Gasteiger partial charge in [-0.3, -0.25) is 0 Å². The van der Waals surface area contributed by atoms with Gasteiger partial charge in [0, 0.05) is 44.1 Å². The minimum Gasteiger partial charge on any atom is -0.436 e. The van der Waals surface area contributed by atoms with Crippen molar-refractivity contribution in [3.63, 3.8) is 0 Å². The van der Waals surface area contributed by atoms with Gasteiger partial charge in [-0.2, -0.15) is 0 Å². The molecule has 7 aromatic carbocycles. The number of fused-ring (bicyclic) bond motifs is 7. The molecule has 0 radical (unpaired) electrons. The summed E-state index contributed by atoms with van der Waals surface area (Å²) in [6.07, 6.45) is 0. The maximum Gasteiger partial charge on any atom is 0.227 e. The van der Waals surface area contributed by atoms with E-state index in [1.165, 1.54) is 44.1 Å². The van der Waals surface area contributed by atoms with Gasteiger partial charge in [-0.1, -0.05) is 117 Å². The molecule has 6 nitrogen and oxygen atoms in total. The second-order valence-electron chi connectivity index (χ2n) is 14.7. The Morgan fingerprint density at radius 3 is 1.80 bits per heavy atom. The van der Waals surface area contributed by atoms with Gasteiger partial charge in [0.1, 0.15) is 5.52 Å². The van der Waals surface area contributed by atoms with Crippen molar-refractivity contribution in [1.82, 2.24) is 24.5 Å². The van der Waals surface area contributed by atoms with E-state index < -0.39 is 0 Å². The van der Waals surface area contributed by atoms with Gasteiger partial charge in [-0.05, 0) is 82.9 Å². The Morgan fingerprint density at radius 1 is 0.455 bits per heavy atom. The lowest BCUT2D eigenvalue weighted by Crippen LogP contribution is -2.14. The van der Waals surface area contributed by atoms with Gasteiger partial charge in [0.25, 0.3) is 0 Å². The van der Waals surface area contributed by atoms with Crippen LogP contribution < -0.4 is 0 Å². The molecule has 0 N–H and O–H groups in total. The molecular weight excluding hydrogens is 675 g/mol. The molecule has 0 saturated carbocycles. The number of hydrogen-bond donors (Lipinski definition) is 0. The minimum atomic E-state index is -0.0873. The summed E-state index contributed by atoms with van der Waals surface area (Å²) >= 11 is 0. The highest BCUT2D eigenvalue weighted by Crippen LogP contribution is 2.51. The highest BCUT2D eigenvalue weighted by Gasteiger charge is 2.36. The van der Waals surface area contributed by atoms with Gasteiger partial charge in [0.15, 0.2) is 23.1 Å². The number of oxazole rings is 1. The molecular formula is C49H33N5O. The monoisotopic (exact) mass is 707 g/mol. The van der Waals surface area contributed by atoms with Gasteiger partial charge in [-0.15, -0.1) is 0 Å². The molecule has 3 aromatic heterocycles. The molecule has 3 heterocycles. The van der Waals surface area contributed by atoms with Crippen LogP contribution in [0.3, 0.4) is 0 Å². The van der Waals surface area contributed by atoms with Crippen molar-refractivity contribution in [3.8, 4) is 62.4 Å². The van der Waals surface area contributed by atoms with Crippen LogP contribution in [0.4, 0.5) is 0 Å². The number of aromatic nitrogens is 5. The number of para-hydroxylation sites is 1. The number of benzene rings is 7. The Kier molecular flexibility index (Phi) is 6.79. The predicted molar refractivity (Wildman–Crippen MR) is 221 cm³/mol. The SMILES string of the molecule is CC1(C)c2ccccc2-c2cc3c4ccccc4n(-c4ccc(-c5nc6cc(-c7nc(-c8ccccc8)nc(-c8ccccc8)n7)ccc6o5)cc4)c3cc21. The van der Waals surface area contributed by atoms with Crippen molar-refractivity contribution in [1.29, 1.82) is 0 Å². The van der Waals surface area contributed by atoms with Gasteiger partial charge < -0.3 is 8.98 Å². The van der Waals surface area contributed by atoms with Crippen LogP contribution in [0.1, 0.15) is 25.0 Å². The zero-order valence-electron chi connectivity index (χ0n) is 30.2. The second-order valence-corrected chi connectivity index (χ2v) is 14.7. The van der Waals surface area contributed by atoms with Crippen LogP contribution >= 0.6 is 0 Å². The van der Waals surface area contributed by atoms with Crippen molar-refractivity contribution < 1.29 is 4.42 Å². The summed E-state index contributed by atoms with van der Waals surface area (Å²) in [6.45, 7) is 4.67. The van der Waals surface area contributed by atoms with Crippen LogP contribution in [0.5, 0.6) is 0 Å². The van der Waals surface area contributed by atoms with E-state index in [0.717, 1.165) is 33.5 Å². The van der Waals surface area contributed by atoms with Gasteiger partial charge >= 0.3 is 0 Å². The van der Waals surface area contributed by atoms with Crippen LogP contribution in [0, 0.1) is 0 Å². The molecule has 1 aliphatic rings. The van der Waals surface area contributed by atoms with Crippen molar-refractivity contribution in [3.05, 3.63) is 175 Å². The standard InChI is InChI=1S/C49H33N5O/c1-49(2)39-19-11-9-17-35(39)37-28-38-36-18-10-12-20-42(36)54(43(38)29-40(37)49)34-24-21-32(22-25-34)48-50-41-27-33(23-26-44(41)55-48)47-52-45(30-13-5-3-6-14-30)51-46(53-47)31-15-7-4-8-16-31/h3-29H,1-2H3. The Bertz CT molecular complexity index is 3050. The summed E-state index contributed by atoms with van der Waals surface area (Å²) in [7, 11) is 0. The van der Waals surface area contributed by atoms with Crippen molar-refractivity contribution >= 4 is 32.9 Å². The molecule has 10 aromatic rings. The first kappa shape index (κ1) is 31.4. The van der Waals surface area contributed by atoms with Crippen LogP contribution in [0.2, 0.25) is 0 Å². The number of nitrogens with zero attached hydrogens (tertiary/aromatic N) is 5. The molecule has 0 spiro atoms. The maximum absolute atomic E-state index is 6.34. The Labute approximate surface area is 317 Å². The molecule has 0 aliphatic heterocycles. The van der Waals surface area contributed by atoms with Crippen molar-refractivity contribution in [2.45, 2.75) is 19.3 Å². The molecule has 0 saturated heterocycles. The lowest BCUT2D eigenvalue weighted by Gasteiger charge is -2.21. The lowest BCUT2D eigenvalue weighted by atomic mass is 9.82.